The molecule has 0 aliphatic heterocycles. The van der Waals surface area contributed by atoms with Crippen molar-refractivity contribution in [1.29, 1.82) is 0 Å². The Labute approximate surface area is 364 Å². The van der Waals surface area contributed by atoms with Crippen molar-refractivity contribution < 1.29 is 0 Å². The number of benzene rings is 9. The highest BCUT2D eigenvalue weighted by molar-refractivity contribution is 6.10. The fourth-order valence-electron chi connectivity index (χ4n) is 11.0. The lowest BCUT2D eigenvalue weighted by molar-refractivity contribution is 0.660. The maximum atomic E-state index is 2.48. The third-order valence-corrected chi connectivity index (χ3v) is 14.0. The minimum atomic E-state index is -0.120. The van der Waals surface area contributed by atoms with Crippen molar-refractivity contribution in [2.45, 2.75) is 38.5 Å². The van der Waals surface area contributed by atoms with Gasteiger partial charge in [0.25, 0.3) is 0 Å². The highest BCUT2D eigenvalue weighted by Crippen LogP contribution is 2.55. The summed E-state index contributed by atoms with van der Waals surface area (Å²) in [5, 5.41) is 2.50. The van der Waals surface area contributed by atoms with Gasteiger partial charge < -0.3 is 9.47 Å². The number of fused-ring (bicyclic) bond motifs is 9. The largest absolute Gasteiger partial charge is 0.310 e. The van der Waals surface area contributed by atoms with Crippen LogP contribution >= 0.6 is 0 Å². The zero-order valence-electron chi connectivity index (χ0n) is 35.5. The van der Waals surface area contributed by atoms with Crippen LogP contribution in [0.15, 0.2) is 206 Å². The van der Waals surface area contributed by atoms with E-state index in [9.17, 15) is 0 Å². The third kappa shape index (κ3) is 5.29. The molecule has 2 nitrogen and oxygen atoms in total. The number of para-hydroxylation sites is 2. The van der Waals surface area contributed by atoms with Gasteiger partial charge in [0.15, 0.2) is 0 Å². The van der Waals surface area contributed by atoms with E-state index < -0.39 is 0 Å². The number of anilines is 3. The van der Waals surface area contributed by atoms with Crippen LogP contribution in [0.4, 0.5) is 17.1 Å². The molecule has 2 aliphatic rings. The predicted octanol–water partition coefficient (Wildman–Crippen LogP) is 16.2. The second kappa shape index (κ2) is 13.5. The lowest BCUT2D eigenvalue weighted by Gasteiger charge is -2.29. The molecule has 0 fully saturated rings. The molecule has 12 rings (SSSR count). The highest BCUT2D eigenvalue weighted by atomic mass is 15.1. The van der Waals surface area contributed by atoms with E-state index in [-0.39, 0.29) is 10.8 Å². The van der Waals surface area contributed by atoms with Crippen LogP contribution in [0.2, 0.25) is 0 Å². The summed E-state index contributed by atoms with van der Waals surface area (Å²) in [7, 11) is 0. The number of rotatable bonds is 6. The van der Waals surface area contributed by atoms with Crippen molar-refractivity contribution in [3.63, 3.8) is 0 Å². The van der Waals surface area contributed by atoms with E-state index in [2.05, 4.69) is 243 Å². The molecule has 0 amide bonds. The fraction of sp³-hybridized carbons (Fsp3) is 0.100. The average molecular weight is 795 g/mol. The standard InChI is InChI=1S/C60H46N2/c1-59(2)50-25-11-8-22-47(50)57-45(24-15-27-52(57)59)39-31-34-43(35-32-39)61(56-30-16-28-53-58(56)48-23-9-12-26-51(48)60(53,3)4)44-20-14-17-40(37-44)41-33-36-55-49(38-41)46-21-10-13-29-54(46)62(55)42-18-6-5-7-19-42/h5-38H,1-4H3. The predicted molar refractivity (Wildman–Crippen MR) is 261 cm³/mol. The van der Waals surface area contributed by atoms with Crippen molar-refractivity contribution in [3.05, 3.63) is 229 Å². The highest BCUT2D eigenvalue weighted by Gasteiger charge is 2.38. The molecule has 0 saturated heterocycles. The Morgan fingerprint density at radius 2 is 0.903 bits per heavy atom. The van der Waals surface area contributed by atoms with E-state index in [0.717, 1.165) is 11.4 Å². The van der Waals surface area contributed by atoms with Crippen molar-refractivity contribution in [2.24, 2.45) is 0 Å². The summed E-state index contributed by atoms with van der Waals surface area (Å²) in [5.41, 5.74) is 22.5. The summed E-state index contributed by atoms with van der Waals surface area (Å²) in [6.45, 7) is 9.44. The second-order valence-electron chi connectivity index (χ2n) is 18.1. The van der Waals surface area contributed by atoms with Crippen LogP contribution in [0.5, 0.6) is 0 Å². The molecule has 0 N–H and O–H groups in total. The van der Waals surface area contributed by atoms with Gasteiger partial charge in [-0.3, -0.25) is 0 Å². The molecule has 0 atom stereocenters. The molecule has 1 heterocycles. The summed E-state index contributed by atoms with van der Waals surface area (Å²) in [4.78, 5) is 2.48. The van der Waals surface area contributed by atoms with Gasteiger partial charge in [0, 0.05) is 44.2 Å². The zero-order valence-corrected chi connectivity index (χ0v) is 35.5. The maximum Gasteiger partial charge on any atom is 0.0543 e. The first-order valence-corrected chi connectivity index (χ1v) is 21.9. The van der Waals surface area contributed by atoms with Gasteiger partial charge in [0.2, 0.25) is 0 Å². The van der Waals surface area contributed by atoms with Gasteiger partial charge >= 0.3 is 0 Å². The van der Waals surface area contributed by atoms with Crippen LogP contribution in [0.1, 0.15) is 49.9 Å². The van der Waals surface area contributed by atoms with Crippen molar-refractivity contribution >= 4 is 38.9 Å². The molecule has 10 aromatic rings. The molecular weight excluding hydrogens is 749 g/mol. The maximum absolute atomic E-state index is 2.48. The van der Waals surface area contributed by atoms with E-state index in [1.54, 1.807) is 0 Å². The molecule has 0 bridgehead atoms. The average Bonchev–Trinajstić information content (AvgIpc) is 3.87. The minimum absolute atomic E-state index is 0.0507. The Hall–Kier alpha value is -7.42. The van der Waals surface area contributed by atoms with E-state index in [0.29, 0.717) is 0 Å². The first-order chi connectivity index (χ1) is 30.3. The first kappa shape index (κ1) is 36.4. The van der Waals surface area contributed by atoms with E-state index in [1.165, 1.54) is 99.9 Å². The molecule has 2 aliphatic carbocycles. The Morgan fingerprint density at radius 1 is 0.355 bits per heavy atom. The molecule has 2 heteroatoms. The lowest BCUT2D eigenvalue weighted by atomic mass is 9.82. The summed E-state index contributed by atoms with van der Waals surface area (Å²) in [5.74, 6) is 0. The van der Waals surface area contributed by atoms with Crippen LogP contribution in [0.3, 0.4) is 0 Å². The summed E-state index contributed by atoms with van der Waals surface area (Å²) in [6.07, 6.45) is 0. The van der Waals surface area contributed by atoms with Crippen LogP contribution in [0, 0.1) is 0 Å². The fourth-order valence-corrected chi connectivity index (χ4v) is 11.0. The second-order valence-corrected chi connectivity index (χ2v) is 18.1. The number of hydrogen-bond acceptors (Lipinski definition) is 1. The van der Waals surface area contributed by atoms with E-state index in [4.69, 9.17) is 0 Å². The van der Waals surface area contributed by atoms with Gasteiger partial charge in [-0.25, -0.2) is 0 Å². The van der Waals surface area contributed by atoms with Gasteiger partial charge in [-0.05, 0) is 122 Å². The molecule has 0 unspecified atom stereocenters. The smallest absolute Gasteiger partial charge is 0.0543 e. The monoisotopic (exact) mass is 794 g/mol. The normalized spacial score (nSPS) is 14.1. The lowest BCUT2D eigenvalue weighted by Crippen LogP contribution is -2.16. The molecule has 0 spiro atoms. The van der Waals surface area contributed by atoms with Gasteiger partial charge in [0.1, 0.15) is 0 Å². The summed E-state index contributed by atoms with van der Waals surface area (Å²) >= 11 is 0. The molecule has 0 radical (unpaired) electrons. The molecule has 62 heavy (non-hydrogen) atoms. The SMILES string of the molecule is CC1(C)c2ccccc2-c2c(-c3ccc(N(c4cccc(-c5ccc6c(c5)c5ccccc5n6-c5ccccc5)c4)c4cccc5c4-c4ccccc4C5(C)C)cc3)cccc21. The van der Waals surface area contributed by atoms with Crippen LogP contribution in [-0.2, 0) is 10.8 Å². The molecular formula is C60H46N2. The van der Waals surface area contributed by atoms with Crippen LogP contribution in [-0.4, -0.2) is 4.57 Å². The molecule has 0 saturated carbocycles. The third-order valence-electron chi connectivity index (χ3n) is 14.0. The summed E-state index contributed by atoms with van der Waals surface area (Å²) < 4.78 is 2.38. The van der Waals surface area contributed by atoms with E-state index in [1.807, 2.05) is 0 Å². The van der Waals surface area contributed by atoms with Gasteiger partial charge in [-0.15, -0.1) is 0 Å². The molecule has 296 valence electrons. The Morgan fingerprint density at radius 3 is 1.66 bits per heavy atom. The number of aromatic nitrogens is 1. The minimum Gasteiger partial charge on any atom is -0.310 e. The van der Waals surface area contributed by atoms with Crippen molar-refractivity contribution in [2.75, 3.05) is 4.90 Å². The number of hydrogen-bond donors (Lipinski definition) is 0. The zero-order chi connectivity index (χ0) is 41.7. The Bertz CT molecular complexity index is 3400. The van der Waals surface area contributed by atoms with Gasteiger partial charge in [0.05, 0.1) is 16.7 Å². The van der Waals surface area contributed by atoms with Crippen molar-refractivity contribution in [3.8, 4) is 50.2 Å². The number of nitrogens with zero attached hydrogens (tertiary/aromatic N) is 2. The van der Waals surface area contributed by atoms with Crippen molar-refractivity contribution in [1.82, 2.24) is 4.57 Å². The quantitative estimate of drug-likeness (QED) is 0.163. The topological polar surface area (TPSA) is 8.17 Å². The van der Waals surface area contributed by atoms with Crippen LogP contribution < -0.4 is 4.90 Å². The Kier molecular flexibility index (Phi) is 7.96. The molecule has 9 aromatic carbocycles. The molecule has 1 aromatic heterocycles. The summed E-state index contributed by atoms with van der Waals surface area (Å²) in [6, 6.07) is 76.5. The van der Waals surface area contributed by atoms with E-state index >= 15 is 0 Å². The van der Waals surface area contributed by atoms with Gasteiger partial charge in [-0.2, -0.15) is 0 Å². The van der Waals surface area contributed by atoms with Gasteiger partial charge in [-0.1, -0.05) is 173 Å². The first-order valence-electron chi connectivity index (χ1n) is 21.9. The van der Waals surface area contributed by atoms with Crippen LogP contribution in [0.25, 0.3) is 72.0 Å². The Balaban J connectivity index is 1.02.